The Morgan fingerprint density at radius 2 is 1.50 bits per heavy atom. The molecule has 2 N–H and O–H groups in total. The van der Waals surface area contributed by atoms with Gasteiger partial charge >= 0.3 is 5.97 Å². The first kappa shape index (κ1) is 19.1. The van der Waals surface area contributed by atoms with Crippen LogP contribution in [0.3, 0.4) is 0 Å². The molecule has 26 heavy (non-hydrogen) atoms. The van der Waals surface area contributed by atoms with E-state index in [4.69, 9.17) is 4.74 Å². The molecule has 0 aliphatic carbocycles. The number of amides is 2. The highest BCUT2D eigenvalue weighted by Crippen LogP contribution is 2.14. The quantitative estimate of drug-likeness (QED) is 0.778. The number of benzene rings is 2. The molecular formula is C19H19FN2O4. The van der Waals surface area contributed by atoms with Crippen LogP contribution in [-0.2, 0) is 25.5 Å². The van der Waals surface area contributed by atoms with Gasteiger partial charge in [0.25, 0.3) is 5.91 Å². The molecule has 2 rings (SSSR count). The predicted octanol–water partition coefficient (Wildman–Crippen LogP) is 2.90. The zero-order chi connectivity index (χ0) is 19.1. The highest BCUT2D eigenvalue weighted by molar-refractivity contribution is 5.95. The van der Waals surface area contributed by atoms with Crippen LogP contribution >= 0.6 is 0 Å². The van der Waals surface area contributed by atoms with Crippen molar-refractivity contribution >= 4 is 29.2 Å². The van der Waals surface area contributed by atoms with Crippen LogP contribution in [0.2, 0.25) is 0 Å². The molecule has 0 unspecified atom stereocenters. The SMILES string of the molecule is CC(=O)Nc1ccc(NC(=O)[C@@H](C)OC(=O)Cc2ccc(F)cc2)cc1. The third kappa shape index (κ3) is 6.01. The van der Waals surface area contributed by atoms with E-state index in [9.17, 15) is 18.8 Å². The second-order valence-electron chi connectivity index (χ2n) is 5.68. The van der Waals surface area contributed by atoms with Crippen molar-refractivity contribution in [3.63, 3.8) is 0 Å². The van der Waals surface area contributed by atoms with Crippen molar-refractivity contribution in [1.29, 1.82) is 0 Å². The maximum atomic E-state index is 12.8. The average Bonchev–Trinajstić information content (AvgIpc) is 2.58. The molecule has 0 saturated heterocycles. The zero-order valence-corrected chi connectivity index (χ0v) is 14.4. The topological polar surface area (TPSA) is 84.5 Å². The highest BCUT2D eigenvalue weighted by Gasteiger charge is 2.18. The minimum Gasteiger partial charge on any atom is -0.452 e. The van der Waals surface area contributed by atoms with Crippen molar-refractivity contribution in [3.8, 4) is 0 Å². The number of carbonyl (C=O) groups excluding carboxylic acids is 3. The molecule has 7 heteroatoms. The summed E-state index contributed by atoms with van der Waals surface area (Å²) >= 11 is 0. The maximum Gasteiger partial charge on any atom is 0.311 e. The summed E-state index contributed by atoms with van der Waals surface area (Å²) in [5.41, 5.74) is 1.71. The van der Waals surface area contributed by atoms with Crippen LogP contribution in [0, 0.1) is 5.82 Å². The molecule has 2 aromatic rings. The van der Waals surface area contributed by atoms with E-state index in [1.165, 1.54) is 38.1 Å². The zero-order valence-electron chi connectivity index (χ0n) is 14.4. The lowest BCUT2D eigenvalue weighted by molar-refractivity contribution is -0.152. The largest absolute Gasteiger partial charge is 0.452 e. The molecule has 0 saturated carbocycles. The lowest BCUT2D eigenvalue weighted by atomic mass is 10.1. The number of nitrogens with one attached hydrogen (secondary N) is 2. The molecule has 2 amide bonds. The van der Waals surface area contributed by atoms with Crippen molar-refractivity contribution in [3.05, 3.63) is 59.9 Å². The fraction of sp³-hybridized carbons (Fsp3) is 0.211. The Morgan fingerprint density at radius 1 is 0.962 bits per heavy atom. The lowest BCUT2D eigenvalue weighted by Crippen LogP contribution is -2.30. The number of hydrogen-bond donors (Lipinski definition) is 2. The van der Waals surface area contributed by atoms with Crippen molar-refractivity contribution < 1.29 is 23.5 Å². The molecule has 0 bridgehead atoms. The molecule has 0 radical (unpaired) electrons. The normalized spacial score (nSPS) is 11.3. The van der Waals surface area contributed by atoms with Crippen molar-refractivity contribution in [1.82, 2.24) is 0 Å². The van der Waals surface area contributed by atoms with E-state index in [0.29, 0.717) is 16.9 Å². The van der Waals surface area contributed by atoms with Gasteiger partial charge in [0.1, 0.15) is 5.82 Å². The predicted molar refractivity (Wildman–Crippen MR) is 95.0 cm³/mol. The maximum absolute atomic E-state index is 12.8. The highest BCUT2D eigenvalue weighted by atomic mass is 19.1. The minimum atomic E-state index is -0.988. The standard InChI is InChI=1S/C19H19FN2O4/c1-12(26-18(24)11-14-3-5-15(20)6-4-14)19(25)22-17-9-7-16(8-10-17)21-13(2)23/h3-10,12H,11H2,1-2H3,(H,21,23)(H,22,25)/t12-/m1/s1. The molecule has 0 aliphatic rings. The van der Waals surface area contributed by atoms with Gasteiger partial charge in [-0.15, -0.1) is 0 Å². The van der Waals surface area contributed by atoms with E-state index in [1.54, 1.807) is 24.3 Å². The number of ether oxygens (including phenoxy) is 1. The van der Waals surface area contributed by atoms with Crippen LogP contribution in [-0.4, -0.2) is 23.9 Å². The number of halogens is 1. The summed E-state index contributed by atoms with van der Waals surface area (Å²) in [5.74, 6) is -1.65. The summed E-state index contributed by atoms with van der Waals surface area (Å²) in [6.07, 6.45) is -1.04. The van der Waals surface area contributed by atoms with Crippen LogP contribution in [0.15, 0.2) is 48.5 Å². The van der Waals surface area contributed by atoms with E-state index in [0.717, 1.165) is 0 Å². The molecule has 0 heterocycles. The summed E-state index contributed by atoms with van der Waals surface area (Å²) in [4.78, 5) is 34.9. The van der Waals surface area contributed by atoms with Gasteiger partial charge in [0.2, 0.25) is 5.91 Å². The number of anilines is 2. The fourth-order valence-electron chi connectivity index (χ4n) is 2.15. The van der Waals surface area contributed by atoms with E-state index < -0.39 is 18.0 Å². The summed E-state index contributed by atoms with van der Waals surface area (Å²) in [6, 6.07) is 12.0. The van der Waals surface area contributed by atoms with E-state index in [-0.39, 0.29) is 18.1 Å². The van der Waals surface area contributed by atoms with Crippen LogP contribution in [0.1, 0.15) is 19.4 Å². The van der Waals surface area contributed by atoms with Gasteiger partial charge in [0.05, 0.1) is 6.42 Å². The minimum absolute atomic E-state index is 0.0523. The van der Waals surface area contributed by atoms with Crippen molar-refractivity contribution in [2.24, 2.45) is 0 Å². The number of rotatable bonds is 6. The Morgan fingerprint density at radius 3 is 2.04 bits per heavy atom. The average molecular weight is 358 g/mol. The van der Waals surface area contributed by atoms with E-state index in [2.05, 4.69) is 10.6 Å². The third-order valence-corrected chi connectivity index (χ3v) is 3.41. The Labute approximate surface area is 150 Å². The van der Waals surface area contributed by atoms with Crippen LogP contribution in [0.4, 0.5) is 15.8 Å². The van der Waals surface area contributed by atoms with Crippen LogP contribution < -0.4 is 10.6 Å². The second kappa shape index (κ2) is 8.75. The van der Waals surface area contributed by atoms with Gasteiger partial charge in [-0.1, -0.05) is 12.1 Å². The first-order chi connectivity index (χ1) is 12.3. The summed E-state index contributed by atoms with van der Waals surface area (Å²) in [6.45, 7) is 2.86. The smallest absolute Gasteiger partial charge is 0.311 e. The molecule has 0 fully saturated rings. The molecule has 0 spiro atoms. The summed E-state index contributed by atoms with van der Waals surface area (Å²) in [7, 11) is 0. The fourth-order valence-corrected chi connectivity index (χ4v) is 2.15. The number of hydrogen-bond acceptors (Lipinski definition) is 4. The molecule has 2 aromatic carbocycles. The molecule has 0 aliphatic heterocycles. The Kier molecular flexibility index (Phi) is 6.43. The first-order valence-corrected chi connectivity index (χ1v) is 7.96. The lowest BCUT2D eigenvalue weighted by Gasteiger charge is -2.14. The molecule has 6 nitrogen and oxygen atoms in total. The Balaban J connectivity index is 1.85. The molecule has 1 atom stereocenters. The van der Waals surface area contributed by atoms with Crippen LogP contribution in [0.25, 0.3) is 0 Å². The Hall–Kier alpha value is -3.22. The summed E-state index contributed by atoms with van der Waals surface area (Å²) in [5, 5.41) is 5.24. The van der Waals surface area contributed by atoms with Gasteiger partial charge in [-0.05, 0) is 48.9 Å². The second-order valence-corrected chi connectivity index (χ2v) is 5.68. The van der Waals surface area contributed by atoms with E-state index >= 15 is 0 Å². The van der Waals surface area contributed by atoms with Gasteiger partial charge in [-0.2, -0.15) is 0 Å². The van der Waals surface area contributed by atoms with E-state index in [1.807, 2.05) is 0 Å². The van der Waals surface area contributed by atoms with Crippen molar-refractivity contribution in [2.75, 3.05) is 10.6 Å². The van der Waals surface area contributed by atoms with Gasteiger partial charge in [0, 0.05) is 18.3 Å². The first-order valence-electron chi connectivity index (χ1n) is 7.96. The number of carbonyl (C=O) groups is 3. The molecule has 136 valence electrons. The van der Waals surface area contributed by atoms with Gasteiger partial charge in [-0.3, -0.25) is 14.4 Å². The van der Waals surface area contributed by atoms with Crippen molar-refractivity contribution in [2.45, 2.75) is 26.4 Å². The monoisotopic (exact) mass is 358 g/mol. The molecule has 0 aromatic heterocycles. The van der Waals surface area contributed by atoms with Gasteiger partial charge in [0.15, 0.2) is 6.10 Å². The molecular weight excluding hydrogens is 339 g/mol. The van der Waals surface area contributed by atoms with Gasteiger partial charge in [-0.25, -0.2) is 4.39 Å². The summed E-state index contributed by atoms with van der Waals surface area (Å²) < 4.78 is 17.9. The third-order valence-electron chi connectivity index (χ3n) is 3.41. The number of esters is 1. The Bertz CT molecular complexity index is 788. The van der Waals surface area contributed by atoms with Crippen LogP contribution in [0.5, 0.6) is 0 Å². The van der Waals surface area contributed by atoms with Gasteiger partial charge < -0.3 is 15.4 Å².